The summed E-state index contributed by atoms with van der Waals surface area (Å²) in [6, 6.07) is 0. The van der Waals surface area contributed by atoms with Crippen molar-refractivity contribution in [3.63, 3.8) is 0 Å². The van der Waals surface area contributed by atoms with Gasteiger partial charge in [0.2, 0.25) is 0 Å². The van der Waals surface area contributed by atoms with E-state index in [2.05, 4.69) is 51.8 Å². The molecule has 2 nitrogen and oxygen atoms in total. The first-order valence-corrected chi connectivity index (χ1v) is 7.48. The van der Waals surface area contributed by atoms with Gasteiger partial charge in [-0.1, -0.05) is 36.6 Å². The highest BCUT2D eigenvalue weighted by molar-refractivity contribution is 5.15. The molecule has 1 rings (SSSR count). The number of rotatable bonds is 9. The molecule has 0 amide bonds. The molecule has 0 spiro atoms. The Morgan fingerprint density at radius 3 is 2.80 bits per heavy atom. The minimum Gasteiger partial charge on any atom is -0.367 e. The first-order chi connectivity index (χ1) is 9.45. The Balaban J connectivity index is 2.11. The predicted molar refractivity (Wildman–Crippen MR) is 84.5 cm³/mol. The van der Waals surface area contributed by atoms with Gasteiger partial charge in [-0.3, -0.25) is 0 Å². The molecule has 1 aliphatic rings. The summed E-state index contributed by atoms with van der Waals surface area (Å²) in [6.45, 7) is 9.68. The van der Waals surface area contributed by atoms with Crippen molar-refractivity contribution < 1.29 is 9.47 Å². The van der Waals surface area contributed by atoms with Gasteiger partial charge in [0.25, 0.3) is 0 Å². The highest BCUT2D eigenvalue weighted by atomic mass is 16.6. The van der Waals surface area contributed by atoms with Gasteiger partial charge in [-0.25, -0.2) is 0 Å². The van der Waals surface area contributed by atoms with Crippen molar-refractivity contribution in [1.82, 2.24) is 0 Å². The monoisotopic (exact) mass is 276 g/mol. The maximum atomic E-state index is 5.61. The quantitative estimate of drug-likeness (QED) is 0.273. The highest BCUT2D eigenvalue weighted by Gasteiger charge is 2.46. The lowest BCUT2D eigenvalue weighted by atomic mass is 9.97. The Labute approximate surface area is 124 Å². The summed E-state index contributed by atoms with van der Waals surface area (Å²) in [7, 11) is 0. The number of hydrogen-bond donors (Lipinski definition) is 0. The van der Waals surface area contributed by atoms with Crippen LogP contribution in [-0.4, -0.2) is 24.9 Å². The van der Waals surface area contributed by atoms with Crippen LogP contribution < -0.4 is 0 Å². The molecule has 0 aromatic rings. The molecule has 1 heterocycles. The van der Waals surface area contributed by atoms with Crippen LogP contribution in [-0.2, 0) is 9.47 Å². The third-order valence-electron chi connectivity index (χ3n) is 3.71. The van der Waals surface area contributed by atoms with E-state index in [9.17, 15) is 0 Å². The molecular weight excluding hydrogens is 248 g/mol. The number of allylic oxidation sites excluding steroid dienone is 3. The summed E-state index contributed by atoms with van der Waals surface area (Å²) in [5, 5.41) is 0. The first kappa shape index (κ1) is 17.0. The Hall–Kier alpha value is -1.04. The second-order valence-electron chi connectivity index (χ2n) is 6.20. The molecule has 20 heavy (non-hydrogen) atoms. The van der Waals surface area contributed by atoms with Crippen LogP contribution in [0.3, 0.4) is 0 Å². The molecular formula is C18H28O2. The van der Waals surface area contributed by atoms with E-state index in [0.717, 1.165) is 6.42 Å². The number of terminal acetylenes is 1. The molecule has 2 heteroatoms. The van der Waals surface area contributed by atoms with Gasteiger partial charge in [0.05, 0.1) is 18.3 Å². The standard InChI is InChI=1S/C18H28O2/c1-6-13-19-14-12-16(3)9-7-8-15(2)10-11-17-18(4,5)20-17/h1,7,9,12,15,17H,8,10-11,13-14H2,2-5H3. The molecule has 2 unspecified atom stereocenters. The lowest BCUT2D eigenvalue weighted by Crippen LogP contribution is -2.04. The topological polar surface area (TPSA) is 21.8 Å². The smallest absolute Gasteiger partial charge is 0.107 e. The Bertz CT molecular complexity index is 385. The molecule has 112 valence electrons. The Morgan fingerprint density at radius 2 is 2.20 bits per heavy atom. The van der Waals surface area contributed by atoms with Crippen molar-refractivity contribution in [2.75, 3.05) is 13.2 Å². The van der Waals surface area contributed by atoms with Gasteiger partial charge in [0.15, 0.2) is 0 Å². The fourth-order valence-electron chi connectivity index (χ4n) is 2.16. The highest BCUT2D eigenvalue weighted by Crippen LogP contribution is 2.39. The fourth-order valence-corrected chi connectivity index (χ4v) is 2.16. The van der Waals surface area contributed by atoms with Crippen molar-refractivity contribution in [2.24, 2.45) is 5.92 Å². The van der Waals surface area contributed by atoms with Crippen molar-refractivity contribution >= 4 is 0 Å². The molecule has 0 radical (unpaired) electrons. The van der Waals surface area contributed by atoms with E-state index in [-0.39, 0.29) is 5.60 Å². The van der Waals surface area contributed by atoms with Crippen LogP contribution in [0.2, 0.25) is 0 Å². The summed E-state index contributed by atoms with van der Waals surface area (Å²) in [5.41, 5.74) is 1.36. The van der Waals surface area contributed by atoms with Crippen molar-refractivity contribution in [2.45, 2.75) is 58.7 Å². The lowest BCUT2D eigenvalue weighted by molar-refractivity contribution is 0.199. The summed E-state index contributed by atoms with van der Waals surface area (Å²) in [6.07, 6.45) is 15.6. The zero-order chi connectivity index (χ0) is 15.0. The maximum Gasteiger partial charge on any atom is 0.107 e. The summed E-state index contributed by atoms with van der Waals surface area (Å²) in [5.74, 6) is 3.16. The molecule has 1 aliphatic heterocycles. The van der Waals surface area contributed by atoms with E-state index in [1.165, 1.54) is 18.4 Å². The molecule has 2 atom stereocenters. The zero-order valence-electron chi connectivity index (χ0n) is 13.3. The van der Waals surface area contributed by atoms with E-state index in [0.29, 0.717) is 25.2 Å². The Kier molecular flexibility index (Phi) is 7.05. The van der Waals surface area contributed by atoms with Crippen LogP contribution in [0.5, 0.6) is 0 Å². The summed E-state index contributed by atoms with van der Waals surface area (Å²) >= 11 is 0. The molecule has 0 aliphatic carbocycles. The third kappa shape index (κ3) is 6.93. The van der Waals surface area contributed by atoms with Gasteiger partial charge in [-0.15, -0.1) is 6.42 Å². The normalized spacial score (nSPS) is 22.8. The second-order valence-corrected chi connectivity index (χ2v) is 6.20. The van der Waals surface area contributed by atoms with Gasteiger partial charge >= 0.3 is 0 Å². The number of hydrogen-bond acceptors (Lipinski definition) is 2. The molecule has 0 saturated carbocycles. The molecule has 0 aromatic heterocycles. The number of ether oxygens (including phenoxy) is 2. The molecule has 1 saturated heterocycles. The first-order valence-electron chi connectivity index (χ1n) is 7.48. The molecule has 0 N–H and O–H groups in total. The van der Waals surface area contributed by atoms with Crippen molar-refractivity contribution in [3.8, 4) is 12.3 Å². The average Bonchev–Trinajstić information content (AvgIpc) is 3.00. The predicted octanol–water partition coefficient (Wildman–Crippen LogP) is 4.12. The van der Waals surface area contributed by atoms with E-state index >= 15 is 0 Å². The third-order valence-corrected chi connectivity index (χ3v) is 3.71. The fraction of sp³-hybridized carbons (Fsp3) is 0.667. The van der Waals surface area contributed by atoms with E-state index in [1.54, 1.807) is 0 Å². The van der Waals surface area contributed by atoms with Crippen LogP contribution >= 0.6 is 0 Å². The van der Waals surface area contributed by atoms with Gasteiger partial charge in [0, 0.05) is 0 Å². The van der Waals surface area contributed by atoms with Crippen LogP contribution in [0.25, 0.3) is 0 Å². The van der Waals surface area contributed by atoms with Crippen LogP contribution in [0, 0.1) is 18.3 Å². The zero-order valence-corrected chi connectivity index (χ0v) is 13.3. The summed E-state index contributed by atoms with van der Waals surface area (Å²) in [4.78, 5) is 0. The maximum absolute atomic E-state index is 5.61. The number of epoxide rings is 1. The molecule has 0 aromatic carbocycles. The SMILES string of the molecule is C#CCOCC=C(C)C=CCC(C)CCC1OC1(C)C. The van der Waals surface area contributed by atoms with Gasteiger partial charge in [-0.2, -0.15) is 0 Å². The van der Waals surface area contributed by atoms with Crippen LogP contribution in [0.4, 0.5) is 0 Å². The van der Waals surface area contributed by atoms with Crippen LogP contribution in [0.15, 0.2) is 23.8 Å². The van der Waals surface area contributed by atoms with E-state index in [1.807, 2.05) is 0 Å². The largest absolute Gasteiger partial charge is 0.367 e. The average molecular weight is 276 g/mol. The van der Waals surface area contributed by atoms with Crippen molar-refractivity contribution in [1.29, 1.82) is 0 Å². The van der Waals surface area contributed by atoms with E-state index in [4.69, 9.17) is 15.9 Å². The minimum atomic E-state index is 0.132. The van der Waals surface area contributed by atoms with E-state index < -0.39 is 0 Å². The van der Waals surface area contributed by atoms with Gasteiger partial charge in [0.1, 0.15) is 6.61 Å². The van der Waals surface area contributed by atoms with Crippen LogP contribution in [0.1, 0.15) is 47.0 Å². The lowest BCUT2D eigenvalue weighted by Gasteiger charge is -2.07. The van der Waals surface area contributed by atoms with Gasteiger partial charge in [-0.05, 0) is 46.0 Å². The summed E-state index contributed by atoms with van der Waals surface area (Å²) < 4.78 is 10.8. The second kappa shape index (κ2) is 8.29. The minimum absolute atomic E-state index is 0.132. The van der Waals surface area contributed by atoms with Crippen molar-refractivity contribution in [3.05, 3.63) is 23.8 Å². The molecule has 0 bridgehead atoms. The van der Waals surface area contributed by atoms with Gasteiger partial charge < -0.3 is 9.47 Å². The Morgan fingerprint density at radius 1 is 1.50 bits per heavy atom. The molecule has 1 fully saturated rings.